The van der Waals surface area contributed by atoms with Gasteiger partial charge in [0.2, 0.25) is 23.6 Å². The first-order valence-electron chi connectivity index (χ1n) is 30.2. The van der Waals surface area contributed by atoms with E-state index in [0.717, 1.165) is 149 Å². The predicted molar refractivity (Wildman–Crippen MR) is 326 cm³/mol. The predicted octanol–water partition coefficient (Wildman–Crippen LogP) is 9.49. The second-order valence-corrected chi connectivity index (χ2v) is 24.7. The van der Waals surface area contributed by atoms with Crippen molar-refractivity contribution in [2.24, 2.45) is 5.41 Å². The number of aliphatic hydroxyl groups is 1. The van der Waals surface area contributed by atoms with Gasteiger partial charge in [0.25, 0.3) is 0 Å². The van der Waals surface area contributed by atoms with Crippen LogP contribution < -0.4 is 30.7 Å². The van der Waals surface area contributed by atoms with E-state index in [1.807, 2.05) is 87.5 Å². The van der Waals surface area contributed by atoms with Gasteiger partial charge in [0.1, 0.15) is 42.0 Å². The van der Waals surface area contributed by atoms with Crippen molar-refractivity contribution in [1.82, 2.24) is 40.5 Å². The van der Waals surface area contributed by atoms with Crippen molar-refractivity contribution in [3.05, 3.63) is 95.6 Å². The van der Waals surface area contributed by atoms with Crippen LogP contribution in [0, 0.1) is 12.3 Å². The van der Waals surface area contributed by atoms with E-state index >= 15 is 0 Å². The number of nitrogen functional groups attached to an aromatic ring is 1. The summed E-state index contributed by atoms with van der Waals surface area (Å²) in [6.45, 7) is 15.8. The van der Waals surface area contributed by atoms with Gasteiger partial charge >= 0.3 is 0 Å². The standard InChI is InChI=1S/C64H88N10O8S/c1-44(46-24-26-47(27-25-46)59-45(2)66-43-83-59)67-62(79)54-39-49(75)41-74(54)63(80)60(64(3,4)5)68-57(77)22-14-12-10-8-6-7-9-11-13-15-23-58(78)72-35-33-71(34-36-72)37-38-81-50-30-28-48(29-31-50)73-32-18-19-51(42-73)82-56-40-53(69-70-61(56)65)52-20-16-17-21-55(52)76/h16-17,20-21,24-31,40,43-44,49,51,54,60,75-76H,6-15,18-19,22-23,32-39,41-42H2,1-5H3,(H2,65,70)(H,67,79)(H,68,77). The first-order valence-corrected chi connectivity index (χ1v) is 31.0. The van der Waals surface area contributed by atoms with Crippen molar-refractivity contribution in [2.45, 2.75) is 161 Å². The average Bonchev–Trinajstić information content (AvgIpc) is 4.33. The third-order valence-electron chi connectivity index (χ3n) is 16.3. The van der Waals surface area contributed by atoms with Crippen LogP contribution in [0.3, 0.4) is 0 Å². The summed E-state index contributed by atoms with van der Waals surface area (Å²) in [6, 6.07) is 22.9. The Morgan fingerprint density at radius 3 is 2.16 bits per heavy atom. The SMILES string of the molecule is Cc1ncsc1-c1ccc(C(C)NC(=O)C2CC(O)CN2C(=O)C(NC(=O)CCCCCCCCCCCCC(=O)N2CCN(CCOc3ccc(N4CCCC(Oc5cc(-c6ccccc6O)nnc5N)C4)cc3)CC2)C(C)(C)C)cc1. The molecule has 5 heterocycles. The van der Waals surface area contributed by atoms with E-state index in [0.29, 0.717) is 43.0 Å². The van der Waals surface area contributed by atoms with Crippen molar-refractivity contribution < 1.29 is 38.9 Å². The summed E-state index contributed by atoms with van der Waals surface area (Å²) in [7, 11) is 0. The minimum atomic E-state index is -0.848. The zero-order valence-corrected chi connectivity index (χ0v) is 50.2. The number of anilines is 2. The maximum absolute atomic E-state index is 14.1. The summed E-state index contributed by atoms with van der Waals surface area (Å²) in [6.07, 6.45) is 12.4. The number of β-amino-alcohol motifs (C(OH)–C–C–N with tert-alkyl or cyclic N) is 1. The van der Waals surface area contributed by atoms with Gasteiger partial charge in [-0.2, -0.15) is 0 Å². The Balaban J connectivity index is 0.631. The van der Waals surface area contributed by atoms with Crippen molar-refractivity contribution in [2.75, 3.05) is 69.6 Å². The molecule has 2 aromatic heterocycles. The molecule has 5 aromatic rings. The van der Waals surface area contributed by atoms with Gasteiger partial charge in [0, 0.05) is 82.4 Å². The number of nitrogens with zero attached hydrogens (tertiary/aromatic N) is 7. The largest absolute Gasteiger partial charge is 0.507 e. The fourth-order valence-corrected chi connectivity index (χ4v) is 12.2. The van der Waals surface area contributed by atoms with Crippen LogP contribution in [0.4, 0.5) is 11.5 Å². The Morgan fingerprint density at radius 1 is 0.819 bits per heavy atom. The molecule has 3 fully saturated rings. The van der Waals surface area contributed by atoms with E-state index in [1.165, 1.54) is 4.90 Å². The monoisotopic (exact) mass is 1160 g/mol. The summed E-state index contributed by atoms with van der Waals surface area (Å²) in [5.41, 5.74) is 12.5. The smallest absolute Gasteiger partial charge is 0.246 e. The molecule has 3 saturated heterocycles. The number of nitrogens with two attached hydrogens (primary N) is 1. The molecule has 0 spiro atoms. The van der Waals surface area contributed by atoms with Crippen LogP contribution in [0.15, 0.2) is 84.4 Å². The lowest BCUT2D eigenvalue weighted by Crippen LogP contribution is -2.57. The van der Waals surface area contributed by atoms with Crippen LogP contribution in [-0.4, -0.2) is 147 Å². The number of thiazole rings is 1. The number of aryl methyl sites for hydroxylation is 1. The van der Waals surface area contributed by atoms with Gasteiger partial charge in [0.05, 0.1) is 34.8 Å². The molecule has 19 heteroatoms. The molecule has 0 aliphatic carbocycles. The number of carbonyl (C=O) groups is 4. The van der Waals surface area contributed by atoms with E-state index in [2.05, 4.69) is 47.7 Å². The van der Waals surface area contributed by atoms with E-state index in [1.54, 1.807) is 35.6 Å². The number of unbranched alkanes of at least 4 members (excludes halogenated alkanes) is 9. The van der Waals surface area contributed by atoms with Crippen molar-refractivity contribution in [1.29, 1.82) is 0 Å². The molecular weight excluding hydrogens is 1070 g/mol. The summed E-state index contributed by atoms with van der Waals surface area (Å²) >= 11 is 1.59. The number of piperidine rings is 1. The number of phenols is 1. The molecule has 0 saturated carbocycles. The van der Waals surface area contributed by atoms with Crippen molar-refractivity contribution in [3.63, 3.8) is 0 Å². The third-order valence-corrected chi connectivity index (χ3v) is 17.3. The highest BCUT2D eigenvalue weighted by molar-refractivity contribution is 7.13. The Morgan fingerprint density at radius 2 is 1.49 bits per heavy atom. The van der Waals surface area contributed by atoms with Crippen LogP contribution in [0.1, 0.15) is 141 Å². The maximum atomic E-state index is 14.1. The normalized spacial score (nSPS) is 18.4. The minimum Gasteiger partial charge on any atom is -0.507 e. The number of para-hydroxylation sites is 1. The van der Waals surface area contributed by atoms with Crippen molar-refractivity contribution >= 4 is 46.5 Å². The van der Waals surface area contributed by atoms with Gasteiger partial charge in [-0.05, 0) is 92.5 Å². The molecule has 3 aliphatic rings. The number of piperazine rings is 1. The van der Waals surface area contributed by atoms with Gasteiger partial charge < -0.3 is 50.8 Å². The summed E-state index contributed by atoms with van der Waals surface area (Å²) in [5.74, 6) is 1.01. The number of aromatic nitrogens is 3. The number of nitrogens with one attached hydrogen (secondary N) is 2. The van der Waals surface area contributed by atoms with E-state index in [4.69, 9.17) is 15.2 Å². The molecule has 3 aromatic carbocycles. The number of phenolic OH excluding ortho intramolecular Hbond substituents is 1. The lowest BCUT2D eigenvalue weighted by Gasteiger charge is -2.35. The average molecular weight is 1160 g/mol. The molecule has 6 N–H and O–H groups in total. The van der Waals surface area contributed by atoms with Crippen LogP contribution in [0.25, 0.3) is 21.7 Å². The number of rotatable bonds is 27. The van der Waals surface area contributed by atoms with Crippen LogP contribution in [0.2, 0.25) is 0 Å². The molecule has 8 rings (SSSR count). The second-order valence-electron chi connectivity index (χ2n) is 23.8. The quantitative estimate of drug-likeness (QED) is 0.0309. The molecule has 0 radical (unpaired) electrons. The van der Waals surface area contributed by atoms with Gasteiger partial charge in [-0.3, -0.25) is 24.1 Å². The van der Waals surface area contributed by atoms with Gasteiger partial charge in [0.15, 0.2) is 11.6 Å². The molecule has 5 atom stereocenters. The summed E-state index contributed by atoms with van der Waals surface area (Å²) < 4.78 is 12.5. The zero-order chi connectivity index (χ0) is 58.9. The number of aliphatic hydroxyl groups excluding tert-OH is 1. The molecule has 4 amide bonds. The number of hydrogen-bond acceptors (Lipinski definition) is 15. The molecule has 5 unspecified atom stereocenters. The number of ether oxygens (including phenoxy) is 2. The summed E-state index contributed by atoms with van der Waals surface area (Å²) in [5, 5.41) is 35.3. The Hall–Kier alpha value is -6.83. The van der Waals surface area contributed by atoms with E-state index in [-0.39, 0.29) is 60.3 Å². The lowest BCUT2D eigenvalue weighted by molar-refractivity contribution is -0.144. The van der Waals surface area contributed by atoms with Gasteiger partial charge in [-0.25, -0.2) is 4.98 Å². The highest BCUT2D eigenvalue weighted by Crippen LogP contribution is 2.34. The highest BCUT2D eigenvalue weighted by atomic mass is 32.1. The maximum Gasteiger partial charge on any atom is 0.246 e. The Labute approximate surface area is 494 Å². The number of carbonyl (C=O) groups excluding carboxylic acids is 4. The summed E-state index contributed by atoms with van der Waals surface area (Å²) in [4.78, 5) is 67.7. The van der Waals surface area contributed by atoms with E-state index in [9.17, 15) is 29.4 Å². The zero-order valence-electron chi connectivity index (χ0n) is 49.4. The van der Waals surface area contributed by atoms with Crippen LogP contribution in [0.5, 0.6) is 17.2 Å². The number of hydrogen-bond donors (Lipinski definition) is 5. The van der Waals surface area contributed by atoms with Gasteiger partial charge in [-0.15, -0.1) is 21.5 Å². The number of aromatic hydroxyl groups is 1. The fraction of sp³-hybridized carbons (Fsp3) is 0.547. The lowest BCUT2D eigenvalue weighted by atomic mass is 9.85. The second kappa shape index (κ2) is 30.1. The molecule has 83 heavy (non-hydrogen) atoms. The fourth-order valence-electron chi connectivity index (χ4n) is 11.4. The first kappa shape index (κ1) is 62.2. The minimum absolute atomic E-state index is 0.0328. The number of likely N-dealkylation sites (tertiary alicyclic amines) is 1. The Kier molecular flexibility index (Phi) is 22.6. The topological polar surface area (TPSA) is 229 Å². The molecule has 3 aliphatic heterocycles. The molecular formula is C64H88N10O8S. The first-order chi connectivity index (χ1) is 40.0. The van der Waals surface area contributed by atoms with Gasteiger partial charge in [-0.1, -0.05) is 109 Å². The van der Waals surface area contributed by atoms with E-state index < -0.39 is 23.6 Å². The molecule has 448 valence electrons. The van der Waals surface area contributed by atoms with Crippen LogP contribution in [-0.2, 0) is 19.2 Å². The molecule has 18 nitrogen and oxygen atoms in total. The number of benzene rings is 3. The van der Waals surface area contributed by atoms with Crippen molar-refractivity contribution in [3.8, 4) is 38.9 Å². The molecule has 0 bridgehead atoms. The number of amides is 4. The van der Waals surface area contributed by atoms with Crippen LogP contribution >= 0.6 is 11.3 Å². The Bertz CT molecular complexity index is 2890. The third kappa shape index (κ3) is 17.8. The highest BCUT2D eigenvalue weighted by Gasteiger charge is 2.45.